The fraction of sp³-hybridized carbons (Fsp3) is 0.214. The van der Waals surface area contributed by atoms with Crippen LogP contribution in [0.2, 0.25) is 0 Å². The van der Waals surface area contributed by atoms with Gasteiger partial charge in [-0.05, 0) is 24.1 Å². The molecule has 0 radical (unpaired) electrons. The standard InChI is InChI=1S/C14H15NO2/c16-14(17)9-8-13-7-4-10-15(13)11-12-5-2-1-3-6-12/h1-7,10H,8-9,11H2,(H,16,17). The molecule has 0 unspecified atom stereocenters. The van der Waals surface area contributed by atoms with Gasteiger partial charge in [0.25, 0.3) is 0 Å². The summed E-state index contributed by atoms with van der Waals surface area (Å²) in [5.74, 6) is -0.752. The molecule has 0 atom stereocenters. The Bertz CT molecular complexity index is 488. The Morgan fingerprint density at radius 2 is 1.88 bits per heavy atom. The Morgan fingerprint density at radius 3 is 2.59 bits per heavy atom. The van der Waals surface area contributed by atoms with Crippen molar-refractivity contribution in [3.8, 4) is 0 Å². The number of hydrogen-bond donors (Lipinski definition) is 1. The van der Waals surface area contributed by atoms with Crippen LogP contribution in [0.1, 0.15) is 17.7 Å². The first kappa shape index (κ1) is 11.5. The number of rotatable bonds is 5. The summed E-state index contributed by atoms with van der Waals surface area (Å²) in [4.78, 5) is 10.6. The Hall–Kier alpha value is -2.03. The molecule has 88 valence electrons. The van der Waals surface area contributed by atoms with E-state index in [9.17, 15) is 4.79 Å². The largest absolute Gasteiger partial charge is 0.481 e. The number of aliphatic carboxylic acids is 1. The van der Waals surface area contributed by atoms with Crippen LogP contribution in [-0.2, 0) is 17.8 Å². The normalized spacial score (nSPS) is 10.4. The maximum absolute atomic E-state index is 10.6. The lowest BCUT2D eigenvalue weighted by Crippen LogP contribution is -2.05. The third-order valence-electron chi connectivity index (χ3n) is 2.71. The number of nitrogens with zero attached hydrogens (tertiary/aromatic N) is 1. The van der Waals surface area contributed by atoms with Gasteiger partial charge >= 0.3 is 5.97 Å². The van der Waals surface area contributed by atoms with Gasteiger partial charge < -0.3 is 9.67 Å². The summed E-state index contributed by atoms with van der Waals surface area (Å²) >= 11 is 0. The molecule has 3 heteroatoms. The van der Waals surface area contributed by atoms with Crippen molar-refractivity contribution in [1.29, 1.82) is 0 Å². The highest BCUT2D eigenvalue weighted by Gasteiger charge is 2.04. The molecule has 17 heavy (non-hydrogen) atoms. The van der Waals surface area contributed by atoms with Crippen molar-refractivity contribution in [2.24, 2.45) is 0 Å². The van der Waals surface area contributed by atoms with E-state index < -0.39 is 5.97 Å². The molecular weight excluding hydrogens is 214 g/mol. The van der Waals surface area contributed by atoms with Crippen molar-refractivity contribution in [2.45, 2.75) is 19.4 Å². The second-order valence-electron chi connectivity index (χ2n) is 4.01. The second-order valence-corrected chi connectivity index (χ2v) is 4.01. The van der Waals surface area contributed by atoms with Gasteiger partial charge in [-0.25, -0.2) is 0 Å². The second kappa shape index (κ2) is 5.34. The molecule has 0 saturated heterocycles. The van der Waals surface area contributed by atoms with Crippen molar-refractivity contribution < 1.29 is 9.90 Å². The van der Waals surface area contributed by atoms with Gasteiger partial charge in [-0.3, -0.25) is 4.79 Å². The van der Waals surface area contributed by atoms with Crippen LogP contribution in [0.3, 0.4) is 0 Å². The third-order valence-corrected chi connectivity index (χ3v) is 2.71. The van der Waals surface area contributed by atoms with Crippen molar-refractivity contribution in [1.82, 2.24) is 4.57 Å². The summed E-state index contributed by atoms with van der Waals surface area (Å²) in [7, 11) is 0. The molecule has 0 aliphatic heterocycles. The van der Waals surface area contributed by atoms with E-state index in [0.717, 1.165) is 12.2 Å². The smallest absolute Gasteiger partial charge is 0.303 e. The molecule has 2 rings (SSSR count). The molecule has 0 amide bonds. The molecule has 1 aromatic carbocycles. The van der Waals surface area contributed by atoms with Crippen LogP contribution in [0.4, 0.5) is 0 Å². The predicted octanol–water partition coefficient (Wildman–Crippen LogP) is 2.55. The Morgan fingerprint density at radius 1 is 1.12 bits per heavy atom. The van der Waals surface area contributed by atoms with Gasteiger partial charge in [-0.15, -0.1) is 0 Å². The van der Waals surface area contributed by atoms with Crippen LogP contribution < -0.4 is 0 Å². The molecule has 3 nitrogen and oxygen atoms in total. The minimum Gasteiger partial charge on any atom is -0.481 e. The van der Waals surface area contributed by atoms with Crippen molar-refractivity contribution in [3.05, 3.63) is 59.9 Å². The lowest BCUT2D eigenvalue weighted by atomic mass is 10.2. The quantitative estimate of drug-likeness (QED) is 0.856. The average molecular weight is 229 g/mol. The first-order valence-electron chi connectivity index (χ1n) is 5.65. The molecule has 0 bridgehead atoms. The maximum atomic E-state index is 10.6. The van der Waals surface area contributed by atoms with E-state index in [1.807, 2.05) is 36.5 Å². The van der Waals surface area contributed by atoms with E-state index in [-0.39, 0.29) is 6.42 Å². The molecule has 1 heterocycles. The molecule has 1 aromatic heterocycles. The fourth-order valence-electron chi connectivity index (χ4n) is 1.85. The number of carboxylic acid groups (broad SMARTS) is 1. The lowest BCUT2D eigenvalue weighted by molar-refractivity contribution is -0.136. The van der Waals surface area contributed by atoms with Gasteiger partial charge in [-0.2, -0.15) is 0 Å². The van der Waals surface area contributed by atoms with Gasteiger partial charge in [0.05, 0.1) is 6.42 Å². The number of carbonyl (C=O) groups is 1. The topological polar surface area (TPSA) is 42.2 Å². The van der Waals surface area contributed by atoms with Gasteiger partial charge in [0.2, 0.25) is 0 Å². The Labute approximate surface area is 100 Å². The van der Waals surface area contributed by atoms with Gasteiger partial charge in [-0.1, -0.05) is 30.3 Å². The SMILES string of the molecule is O=C(O)CCc1cccn1Cc1ccccc1. The molecule has 0 fully saturated rings. The van der Waals surface area contributed by atoms with E-state index in [2.05, 4.69) is 16.7 Å². The molecule has 0 spiro atoms. The van der Waals surface area contributed by atoms with E-state index in [4.69, 9.17) is 5.11 Å². The van der Waals surface area contributed by atoms with Crippen LogP contribution in [0, 0.1) is 0 Å². The van der Waals surface area contributed by atoms with E-state index in [1.54, 1.807) is 0 Å². The van der Waals surface area contributed by atoms with Crippen LogP contribution in [0.15, 0.2) is 48.7 Å². The van der Waals surface area contributed by atoms with Crippen molar-refractivity contribution >= 4 is 5.97 Å². The Kier molecular flexibility index (Phi) is 3.60. The zero-order valence-corrected chi connectivity index (χ0v) is 9.54. The molecule has 0 aliphatic rings. The van der Waals surface area contributed by atoms with Gasteiger partial charge in [0, 0.05) is 18.4 Å². The summed E-state index contributed by atoms with van der Waals surface area (Å²) in [6.45, 7) is 0.794. The molecule has 2 aromatic rings. The summed E-state index contributed by atoms with van der Waals surface area (Å²) in [5, 5.41) is 8.68. The van der Waals surface area contributed by atoms with Gasteiger partial charge in [0.1, 0.15) is 0 Å². The number of hydrogen-bond acceptors (Lipinski definition) is 1. The summed E-state index contributed by atoms with van der Waals surface area (Å²) in [6.07, 6.45) is 2.75. The Balaban J connectivity index is 2.06. The number of aryl methyl sites for hydroxylation is 1. The van der Waals surface area contributed by atoms with E-state index in [0.29, 0.717) is 6.42 Å². The first-order valence-corrected chi connectivity index (χ1v) is 5.65. The number of carboxylic acids is 1. The van der Waals surface area contributed by atoms with Crippen LogP contribution in [-0.4, -0.2) is 15.6 Å². The highest BCUT2D eigenvalue weighted by molar-refractivity contribution is 5.66. The summed E-state index contributed by atoms with van der Waals surface area (Å²) in [5.41, 5.74) is 2.29. The molecular formula is C14H15NO2. The third kappa shape index (κ3) is 3.21. The van der Waals surface area contributed by atoms with Crippen LogP contribution in [0.25, 0.3) is 0 Å². The van der Waals surface area contributed by atoms with Crippen LogP contribution >= 0.6 is 0 Å². The maximum Gasteiger partial charge on any atom is 0.303 e. The highest BCUT2D eigenvalue weighted by Crippen LogP contribution is 2.09. The monoisotopic (exact) mass is 229 g/mol. The van der Waals surface area contributed by atoms with E-state index in [1.165, 1.54) is 5.56 Å². The fourth-order valence-corrected chi connectivity index (χ4v) is 1.85. The van der Waals surface area contributed by atoms with Crippen molar-refractivity contribution in [3.63, 3.8) is 0 Å². The first-order chi connectivity index (χ1) is 8.25. The molecule has 1 N–H and O–H groups in total. The van der Waals surface area contributed by atoms with Crippen molar-refractivity contribution in [2.75, 3.05) is 0 Å². The number of benzene rings is 1. The average Bonchev–Trinajstić information content (AvgIpc) is 2.75. The minimum absolute atomic E-state index is 0.179. The van der Waals surface area contributed by atoms with E-state index >= 15 is 0 Å². The molecule has 0 aliphatic carbocycles. The summed E-state index contributed by atoms with van der Waals surface area (Å²) < 4.78 is 2.10. The minimum atomic E-state index is -0.752. The highest BCUT2D eigenvalue weighted by atomic mass is 16.4. The predicted molar refractivity (Wildman–Crippen MR) is 65.9 cm³/mol. The zero-order valence-electron chi connectivity index (χ0n) is 9.54. The van der Waals surface area contributed by atoms with Gasteiger partial charge in [0.15, 0.2) is 0 Å². The summed E-state index contributed by atoms with van der Waals surface area (Å²) in [6, 6.07) is 14.1. The number of aromatic nitrogens is 1. The zero-order chi connectivity index (χ0) is 12.1. The lowest BCUT2D eigenvalue weighted by Gasteiger charge is -2.08. The van der Waals surface area contributed by atoms with Crippen LogP contribution in [0.5, 0.6) is 0 Å². The molecule has 0 saturated carbocycles.